The van der Waals surface area contributed by atoms with Crippen LogP contribution in [0.3, 0.4) is 0 Å². The zero-order valence-corrected chi connectivity index (χ0v) is 12.3. The number of benzene rings is 2. The normalized spacial score (nSPS) is 12.4. The van der Waals surface area contributed by atoms with Crippen LogP contribution in [0.2, 0.25) is 0 Å². The Morgan fingerprint density at radius 2 is 1.67 bits per heavy atom. The van der Waals surface area contributed by atoms with Crippen molar-refractivity contribution in [1.29, 1.82) is 0 Å². The lowest BCUT2D eigenvalue weighted by molar-refractivity contribution is 0.587. The summed E-state index contributed by atoms with van der Waals surface area (Å²) in [5.41, 5.74) is 3.36. The highest BCUT2D eigenvalue weighted by Crippen LogP contribution is 2.33. The molecule has 0 fully saturated rings. The van der Waals surface area contributed by atoms with Gasteiger partial charge >= 0.3 is 0 Å². The van der Waals surface area contributed by atoms with Crippen molar-refractivity contribution >= 4 is 37.9 Å². The van der Waals surface area contributed by atoms with E-state index >= 15 is 0 Å². The third-order valence-corrected chi connectivity index (χ3v) is 3.79. The highest BCUT2D eigenvalue weighted by atomic mass is 79.9. The monoisotopic (exact) mass is 302 g/mol. The minimum Gasteiger partial charge on any atom is -0.456 e. The predicted octanol–water partition coefficient (Wildman–Crippen LogP) is 5.65. The van der Waals surface area contributed by atoms with E-state index in [0.717, 1.165) is 15.6 Å². The summed E-state index contributed by atoms with van der Waals surface area (Å²) in [5.74, 6) is 0. The summed E-state index contributed by atoms with van der Waals surface area (Å²) >= 11 is 3.51. The van der Waals surface area contributed by atoms with E-state index < -0.39 is 0 Å². The number of hydrogen-bond donors (Lipinski definition) is 0. The van der Waals surface area contributed by atoms with Crippen LogP contribution in [0.15, 0.2) is 45.3 Å². The van der Waals surface area contributed by atoms with Crippen LogP contribution < -0.4 is 0 Å². The Labute approximate surface area is 115 Å². The molecule has 2 heteroatoms. The Bertz CT molecular complexity index is 732. The molecule has 1 nitrogen and oxygen atoms in total. The fourth-order valence-corrected chi connectivity index (χ4v) is 2.58. The Hall–Kier alpha value is -1.28. The summed E-state index contributed by atoms with van der Waals surface area (Å²) in [6.07, 6.45) is 0. The number of hydrogen-bond acceptors (Lipinski definition) is 1. The molecule has 3 aromatic rings. The van der Waals surface area contributed by atoms with E-state index in [4.69, 9.17) is 4.42 Å². The fraction of sp³-hybridized carbons (Fsp3) is 0.250. The molecule has 92 valence electrons. The molecular weight excluding hydrogens is 288 g/mol. The van der Waals surface area contributed by atoms with Crippen LogP contribution in [0.25, 0.3) is 21.9 Å². The zero-order valence-electron chi connectivity index (χ0n) is 10.8. The molecule has 0 aliphatic heterocycles. The van der Waals surface area contributed by atoms with Gasteiger partial charge in [0.25, 0.3) is 0 Å². The lowest BCUT2D eigenvalue weighted by Crippen LogP contribution is -2.10. The van der Waals surface area contributed by atoms with Gasteiger partial charge in [-0.15, -0.1) is 0 Å². The second-order valence-corrected chi connectivity index (χ2v) is 6.62. The molecule has 0 amide bonds. The van der Waals surface area contributed by atoms with Gasteiger partial charge in [-0.1, -0.05) is 48.8 Å². The summed E-state index contributed by atoms with van der Waals surface area (Å²) in [7, 11) is 0. The standard InChI is InChI=1S/C16H15BrO/c1-16(2,3)10-4-6-12-13-9-11(17)5-7-14(13)18-15(12)8-10/h4-9H,1-3H3. The van der Waals surface area contributed by atoms with Crippen molar-refractivity contribution in [2.24, 2.45) is 0 Å². The first-order valence-corrected chi connectivity index (χ1v) is 6.87. The molecule has 2 aromatic carbocycles. The van der Waals surface area contributed by atoms with Crippen molar-refractivity contribution in [3.8, 4) is 0 Å². The molecule has 0 unspecified atom stereocenters. The molecule has 3 rings (SSSR count). The summed E-state index contributed by atoms with van der Waals surface area (Å²) in [4.78, 5) is 0. The first kappa shape index (κ1) is 11.8. The van der Waals surface area contributed by atoms with Crippen LogP contribution in [0, 0.1) is 0 Å². The van der Waals surface area contributed by atoms with Crippen LogP contribution >= 0.6 is 15.9 Å². The van der Waals surface area contributed by atoms with Gasteiger partial charge in [-0.2, -0.15) is 0 Å². The second kappa shape index (κ2) is 3.86. The van der Waals surface area contributed by atoms with Gasteiger partial charge in [-0.3, -0.25) is 0 Å². The number of halogens is 1. The molecule has 0 aliphatic carbocycles. The molecule has 0 spiro atoms. The summed E-state index contributed by atoms with van der Waals surface area (Å²) in [6, 6.07) is 12.6. The first-order valence-electron chi connectivity index (χ1n) is 6.07. The molecule has 0 radical (unpaired) electrons. The molecule has 0 N–H and O–H groups in total. The van der Waals surface area contributed by atoms with Crippen LogP contribution in [0.1, 0.15) is 26.3 Å². The van der Waals surface area contributed by atoms with Gasteiger partial charge in [0.15, 0.2) is 0 Å². The second-order valence-electron chi connectivity index (χ2n) is 5.70. The van der Waals surface area contributed by atoms with Gasteiger partial charge in [0.1, 0.15) is 11.2 Å². The highest BCUT2D eigenvalue weighted by molar-refractivity contribution is 9.10. The summed E-state index contributed by atoms with van der Waals surface area (Å²) < 4.78 is 7.00. The Morgan fingerprint density at radius 3 is 2.39 bits per heavy atom. The van der Waals surface area contributed by atoms with Crippen molar-refractivity contribution in [3.63, 3.8) is 0 Å². The van der Waals surface area contributed by atoms with Gasteiger partial charge in [0.05, 0.1) is 0 Å². The Morgan fingerprint density at radius 1 is 0.889 bits per heavy atom. The van der Waals surface area contributed by atoms with Crippen molar-refractivity contribution in [2.75, 3.05) is 0 Å². The number of rotatable bonds is 0. The van der Waals surface area contributed by atoms with Crippen molar-refractivity contribution in [2.45, 2.75) is 26.2 Å². The van der Waals surface area contributed by atoms with Crippen LogP contribution in [-0.2, 0) is 5.41 Å². The maximum Gasteiger partial charge on any atom is 0.135 e. The van der Waals surface area contributed by atoms with E-state index in [1.54, 1.807) is 0 Å². The predicted molar refractivity (Wildman–Crippen MR) is 80.1 cm³/mol. The molecule has 0 atom stereocenters. The van der Waals surface area contributed by atoms with Crippen LogP contribution in [0.5, 0.6) is 0 Å². The third kappa shape index (κ3) is 1.85. The van der Waals surface area contributed by atoms with Gasteiger partial charge in [-0.25, -0.2) is 0 Å². The van der Waals surface area contributed by atoms with E-state index in [0.29, 0.717) is 0 Å². The Kier molecular flexibility index (Phi) is 2.53. The first-order chi connectivity index (χ1) is 8.45. The van der Waals surface area contributed by atoms with E-state index in [1.807, 2.05) is 12.1 Å². The summed E-state index contributed by atoms with van der Waals surface area (Å²) in [5, 5.41) is 2.35. The minimum absolute atomic E-state index is 0.147. The summed E-state index contributed by atoms with van der Waals surface area (Å²) in [6.45, 7) is 6.65. The fourth-order valence-electron chi connectivity index (χ4n) is 2.22. The maximum absolute atomic E-state index is 5.92. The molecule has 0 bridgehead atoms. The molecule has 18 heavy (non-hydrogen) atoms. The van der Waals surface area contributed by atoms with Gasteiger partial charge in [0, 0.05) is 15.2 Å². The van der Waals surface area contributed by atoms with Crippen molar-refractivity contribution in [1.82, 2.24) is 0 Å². The van der Waals surface area contributed by atoms with E-state index in [1.165, 1.54) is 16.3 Å². The number of fused-ring (bicyclic) bond motifs is 3. The molecular formula is C16H15BrO. The number of furan rings is 1. The van der Waals surface area contributed by atoms with Gasteiger partial charge in [0.2, 0.25) is 0 Å². The third-order valence-electron chi connectivity index (χ3n) is 3.30. The van der Waals surface area contributed by atoms with Crippen molar-refractivity contribution in [3.05, 3.63) is 46.4 Å². The average molecular weight is 303 g/mol. The lowest BCUT2D eigenvalue weighted by atomic mass is 9.87. The molecule has 1 aromatic heterocycles. The maximum atomic E-state index is 5.92. The topological polar surface area (TPSA) is 13.1 Å². The lowest BCUT2D eigenvalue weighted by Gasteiger charge is -2.18. The minimum atomic E-state index is 0.147. The smallest absolute Gasteiger partial charge is 0.135 e. The van der Waals surface area contributed by atoms with E-state index in [9.17, 15) is 0 Å². The van der Waals surface area contributed by atoms with Crippen LogP contribution in [0.4, 0.5) is 0 Å². The SMILES string of the molecule is CC(C)(C)c1ccc2c(c1)oc1ccc(Br)cc12. The van der Waals surface area contributed by atoms with E-state index in [2.05, 4.69) is 61.0 Å². The highest BCUT2D eigenvalue weighted by Gasteiger charge is 2.16. The van der Waals surface area contributed by atoms with Crippen molar-refractivity contribution < 1.29 is 4.42 Å². The Balaban J connectivity index is 2.34. The van der Waals surface area contributed by atoms with Gasteiger partial charge < -0.3 is 4.42 Å². The molecule has 0 aliphatic rings. The largest absolute Gasteiger partial charge is 0.456 e. The molecule has 0 saturated heterocycles. The van der Waals surface area contributed by atoms with Gasteiger partial charge in [-0.05, 0) is 35.2 Å². The van der Waals surface area contributed by atoms with Crippen LogP contribution in [-0.4, -0.2) is 0 Å². The zero-order chi connectivity index (χ0) is 12.9. The average Bonchev–Trinajstić information content (AvgIpc) is 2.65. The molecule has 0 saturated carbocycles. The van der Waals surface area contributed by atoms with E-state index in [-0.39, 0.29) is 5.41 Å². The quantitative estimate of drug-likeness (QED) is 0.523. The molecule has 1 heterocycles.